The summed E-state index contributed by atoms with van der Waals surface area (Å²) in [6.07, 6.45) is 0. The molecule has 0 radical (unpaired) electrons. The monoisotopic (exact) mass is 436 g/mol. The van der Waals surface area contributed by atoms with Gasteiger partial charge in [0, 0.05) is 25.2 Å². The molecule has 7 nitrogen and oxygen atoms in total. The van der Waals surface area contributed by atoms with Crippen molar-refractivity contribution in [3.05, 3.63) is 64.1 Å². The van der Waals surface area contributed by atoms with Gasteiger partial charge in [0.15, 0.2) is 0 Å². The molecule has 2 aromatic carbocycles. The van der Waals surface area contributed by atoms with Crippen molar-refractivity contribution in [2.45, 2.75) is 6.92 Å². The predicted octanol–water partition coefficient (Wildman–Crippen LogP) is 3.39. The summed E-state index contributed by atoms with van der Waals surface area (Å²) in [6, 6.07) is 13.3. The number of likely N-dealkylation sites (N-methyl/N-ethyl adjacent to an activating group) is 1. The second-order valence-corrected chi connectivity index (χ2v) is 6.83. The topological polar surface area (TPSA) is 90.5 Å². The molecule has 0 bridgehead atoms. The van der Waals surface area contributed by atoms with E-state index in [1.165, 1.54) is 4.90 Å². The second-order valence-electron chi connectivity index (χ2n) is 6.01. The van der Waals surface area contributed by atoms with Crippen LogP contribution < -0.4 is 16.0 Å². The van der Waals surface area contributed by atoms with Crippen LogP contribution in [0.4, 0.5) is 10.5 Å². The smallest absolute Gasteiger partial charge is 0.317 e. The quantitative estimate of drug-likeness (QED) is 0.553. The van der Waals surface area contributed by atoms with Gasteiger partial charge < -0.3 is 20.9 Å². The molecule has 154 valence electrons. The van der Waals surface area contributed by atoms with Crippen LogP contribution >= 0.6 is 23.2 Å². The van der Waals surface area contributed by atoms with Crippen molar-refractivity contribution >= 4 is 46.7 Å². The number of para-hydroxylation sites is 1. The van der Waals surface area contributed by atoms with Crippen molar-refractivity contribution < 1.29 is 14.4 Å². The number of hydrogen-bond donors (Lipinski definition) is 3. The highest BCUT2D eigenvalue weighted by molar-refractivity contribution is 6.39. The first-order chi connectivity index (χ1) is 13.9. The largest absolute Gasteiger partial charge is 0.350 e. The molecule has 0 aliphatic heterocycles. The summed E-state index contributed by atoms with van der Waals surface area (Å²) in [5.74, 6) is -0.641. The number of halogens is 2. The van der Waals surface area contributed by atoms with Crippen LogP contribution in [0.1, 0.15) is 17.3 Å². The van der Waals surface area contributed by atoms with Crippen molar-refractivity contribution in [2.24, 2.45) is 0 Å². The van der Waals surface area contributed by atoms with Gasteiger partial charge in [0.1, 0.15) is 6.54 Å². The van der Waals surface area contributed by atoms with Crippen LogP contribution in [-0.2, 0) is 4.79 Å². The van der Waals surface area contributed by atoms with Gasteiger partial charge in [-0.2, -0.15) is 0 Å². The van der Waals surface area contributed by atoms with Gasteiger partial charge in [0.2, 0.25) is 5.91 Å². The van der Waals surface area contributed by atoms with E-state index in [9.17, 15) is 14.4 Å². The molecular weight excluding hydrogens is 415 g/mol. The molecule has 9 heteroatoms. The van der Waals surface area contributed by atoms with Crippen LogP contribution in [0.25, 0.3) is 0 Å². The lowest BCUT2D eigenvalue weighted by Crippen LogP contribution is -2.45. The summed E-state index contributed by atoms with van der Waals surface area (Å²) in [5, 5.41) is 8.63. The Kier molecular flexibility index (Phi) is 8.76. The van der Waals surface area contributed by atoms with Gasteiger partial charge in [-0.1, -0.05) is 47.5 Å². The summed E-state index contributed by atoms with van der Waals surface area (Å²) in [5.41, 5.74) is 0.852. The van der Waals surface area contributed by atoms with E-state index in [0.717, 1.165) is 0 Å². The molecule has 0 heterocycles. The molecule has 0 spiro atoms. The summed E-state index contributed by atoms with van der Waals surface area (Å²) >= 11 is 12.1. The molecule has 0 aliphatic rings. The fraction of sp³-hybridized carbons (Fsp3) is 0.250. The SMILES string of the molecule is CCN(CC(=O)Nc1c(Cl)cccc1Cl)C(=O)NCCNC(=O)c1ccccc1. The van der Waals surface area contributed by atoms with Crippen LogP contribution in [0, 0.1) is 0 Å². The molecule has 0 saturated carbocycles. The van der Waals surface area contributed by atoms with E-state index in [4.69, 9.17) is 23.2 Å². The maximum Gasteiger partial charge on any atom is 0.317 e. The highest BCUT2D eigenvalue weighted by Crippen LogP contribution is 2.29. The number of hydrogen-bond acceptors (Lipinski definition) is 3. The van der Waals surface area contributed by atoms with Crippen molar-refractivity contribution in [1.82, 2.24) is 15.5 Å². The van der Waals surface area contributed by atoms with E-state index in [-0.39, 0.29) is 25.5 Å². The second kappa shape index (κ2) is 11.3. The van der Waals surface area contributed by atoms with E-state index < -0.39 is 11.9 Å². The lowest BCUT2D eigenvalue weighted by molar-refractivity contribution is -0.116. The molecule has 0 atom stereocenters. The fourth-order valence-electron chi connectivity index (χ4n) is 2.45. The number of nitrogens with zero attached hydrogens (tertiary/aromatic N) is 1. The first kappa shape index (κ1) is 22.5. The van der Waals surface area contributed by atoms with Crippen molar-refractivity contribution in [3.63, 3.8) is 0 Å². The van der Waals surface area contributed by atoms with Crippen LogP contribution in [0.3, 0.4) is 0 Å². The number of benzene rings is 2. The van der Waals surface area contributed by atoms with Crippen LogP contribution in [0.2, 0.25) is 10.0 Å². The zero-order valence-electron chi connectivity index (χ0n) is 15.9. The Morgan fingerprint density at radius 1 is 0.897 bits per heavy atom. The fourth-order valence-corrected chi connectivity index (χ4v) is 2.94. The average molecular weight is 437 g/mol. The molecular formula is C20H22Cl2N4O3. The Morgan fingerprint density at radius 2 is 1.52 bits per heavy atom. The predicted molar refractivity (Wildman–Crippen MR) is 115 cm³/mol. The minimum absolute atomic E-state index is 0.166. The number of rotatable bonds is 8. The van der Waals surface area contributed by atoms with Crippen molar-refractivity contribution in [2.75, 3.05) is 31.5 Å². The van der Waals surface area contributed by atoms with Crippen LogP contribution in [-0.4, -0.2) is 48.9 Å². The van der Waals surface area contributed by atoms with E-state index in [2.05, 4.69) is 16.0 Å². The Labute approximate surface area is 179 Å². The first-order valence-electron chi connectivity index (χ1n) is 9.02. The van der Waals surface area contributed by atoms with Crippen molar-refractivity contribution in [3.8, 4) is 0 Å². The molecule has 0 saturated heterocycles. The summed E-state index contributed by atoms with van der Waals surface area (Å²) < 4.78 is 0. The Morgan fingerprint density at radius 3 is 2.14 bits per heavy atom. The lowest BCUT2D eigenvalue weighted by Gasteiger charge is -2.21. The van der Waals surface area contributed by atoms with Gasteiger partial charge in [-0.25, -0.2) is 4.79 Å². The van der Waals surface area contributed by atoms with Crippen molar-refractivity contribution in [1.29, 1.82) is 0 Å². The minimum Gasteiger partial charge on any atom is -0.350 e. The third kappa shape index (κ3) is 6.96. The van der Waals surface area contributed by atoms with Crippen LogP contribution in [0.15, 0.2) is 48.5 Å². The van der Waals surface area contributed by atoms with Gasteiger partial charge in [0.25, 0.3) is 5.91 Å². The molecule has 0 aromatic heterocycles. The van der Waals surface area contributed by atoms with Gasteiger partial charge in [-0.15, -0.1) is 0 Å². The molecule has 2 aromatic rings. The molecule has 4 amide bonds. The van der Waals surface area contributed by atoms with Crippen LogP contribution in [0.5, 0.6) is 0 Å². The number of carbonyl (C=O) groups excluding carboxylic acids is 3. The molecule has 3 N–H and O–H groups in total. The summed E-state index contributed by atoms with van der Waals surface area (Å²) in [4.78, 5) is 37.8. The van der Waals surface area contributed by atoms with Gasteiger partial charge in [0.05, 0.1) is 15.7 Å². The normalized spacial score (nSPS) is 10.2. The average Bonchev–Trinajstić information content (AvgIpc) is 2.72. The Balaban J connectivity index is 1.78. The number of carbonyl (C=O) groups is 3. The van der Waals surface area contributed by atoms with E-state index >= 15 is 0 Å². The summed E-state index contributed by atoms with van der Waals surface area (Å²) in [6.45, 7) is 2.41. The highest BCUT2D eigenvalue weighted by Gasteiger charge is 2.17. The van der Waals surface area contributed by atoms with Gasteiger partial charge in [-0.05, 0) is 31.2 Å². The van der Waals surface area contributed by atoms with Gasteiger partial charge in [-0.3, -0.25) is 9.59 Å². The lowest BCUT2D eigenvalue weighted by atomic mass is 10.2. The highest BCUT2D eigenvalue weighted by atomic mass is 35.5. The number of amides is 4. The standard InChI is InChI=1S/C20H22Cl2N4O3/c1-2-26(13-17(27)25-18-15(21)9-6-10-16(18)22)20(29)24-12-11-23-19(28)14-7-4-3-5-8-14/h3-10H,2,11-13H2,1H3,(H,23,28)(H,24,29)(H,25,27). The molecule has 0 unspecified atom stereocenters. The van der Waals surface area contributed by atoms with E-state index in [0.29, 0.717) is 27.8 Å². The maximum atomic E-state index is 12.3. The first-order valence-corrected chi connectivity index (χ1v) is 9.77. The number of urea groups is 1. The number of anilines is 1. The van der Waals surface area contributed by atoms with E-state index in [1.807, 2.05) is 6.07 Å². The van der Waals surface area contributed by atoms with E-state index in [1.54, 1.807) is 49.4 Å². The number of nitrogens with one attached hydrogen (secondary N) is 3. The molecule has 0 fully saturated rings. The maximum absolute atomic E-state index is 12.3. The molecule has 0 aliphatic carbocycles. The zero-order valence-corrected chi connectivity index (χ0v) is 17.4. The zero-order chi connectivity index (χ0) is 21.2. The Bertz CT molecular complexity index is 842. The molecule has 29 heavy (non-hydrogen) atoms. The Hall–Kier alpha value is -2.77. The van der Waals surface area contributed by atoms with Gasteiger partial charge >= 0.3 is 6.03 Å². The summed E-state index contributed by atoms with van der Waals surface area (Å²) in [7, 11) is 0. The minimum atomic E-state index is -0.422. The third-order valence-corrected chi connectivity index (χ3v) is 4.58. The molecule has 2 rings (SSSR count). The third-order valence-electron chi connectivity index (χ3n) is 3.95.